The Kier molecular flexibility index (Phi) is 14.7. The lowest BCUT2D eigenvalue weighted by molar-refractivity contribution is -0.138. The van der Waals surface area contributed by atoms with E-state index in [4.69, 9.17) is 23.9 Å². The molecule has 2 N–H and O–H groups in total. The first-order valence-corrected chi connectivity index (χ1v) is 17.3. The molecular formula is C36H53FN4O7. The predicted molar refractivity (Wildman–Crippen MR) is 181 cm³/mol. The summed E-state index contributed by atoms with van der Waals surface area (Å²) in [5.74, 6) is -0.694. The molecule has 2 aliphatic rings. The number of carboxylic acids is 1. The molecule has 2 amide bonds. The number of hydrogen-bond donors (Lipinski definition) is 2. The summed E-state index contributed by atoms with van der Waals surface area (Å²) in [6.07, 6.45) is 5.42. The fourth-order valence-electron chi connectivity index (χ4n) is 5.75. The second-order valence-electron chi connectivity index (χ2n) is 13.2. The molecular weight excluding hydrogens is 619 g/mol. The summed E-state index contributed by atoms with van der Waals surface area (Å²) in [7, 11) is 0. The third-order valence-electron chi connectivity index (χ3n) is 9.13. The number of nitrogens with zero attached hydrogens (tertiary/aromatic N) is 3. The average molecular weight is 673 g/mol. The van der Waals surface area contributed by atoms with Crippen LogP contribution in [-0.4, -0.2) is 104 Å². The molecule has 1 atom stereocenters. The Morgan fingerprint density at radius 2 is 1.77 bits per heavy atom. The monoisotopic (exact) mass is 672 g/mol. The van der Waals surface area contributed by atoms with E-state index in [1.807, 2.05) is 6.07 Å². The Labute approximate surface area is 284 Å². The Morgan fingerprint density at radius 1 is 1.04 bits per heavy atom. The van der Waals surface area contributed by atoms with Crippen LogP contribution in [-0.2, 0) is 31.8 Å². The minimum absolute atomic E-state index is 0.0384. The highest BCUT2D eigenvalue weighted by Gasteiger charge is 2.35. The van der Waals surface area contributed by atoms with Crippen LogP contribution >= 0.6 is 0 Å². The number of aromatic nitrogens is 1. The summed E-state index contributed by atoms with van der Waals surface area (Å²) in [5, 5.41) is 13.0. The Hall–Kier alpha value is -3.48. The van der Waals surface area contributed by atoms with E-state index in [9.17, 15) is 14.7 Å². The highest BCUT2D eigenvalue weighted by molar-refractivity contribution is 5.78. The van der Waals surface area contributed by atoms with Gasteiger partial charge in [0.1, 0.15) is 12.4 Å². The molecule has 1 aromatic carbocycles. The van der Waals surface area contributed by atoms with E-state index in [1.54, 1.807) is 11.0 Å². The SMILES string of the molecule is CCC(C)(C)CCOCCOCCOCCOc1ccc([C@@H](CC(=O)O)N2CCN(CCCc3ccc4c(n3)NCCC4)C2=O)cc1F. The van der Waals surface area contributed by atoms with Crippen LogP contribution in [0.4, 0.5) is 15.0 Å². The summed E-state index contributed by atoms with van der Waals surface area (Å²) >= 11 is 0. The lowest BCUT2D eigenvalue weighted by atomic mass is 9.87. The standard InChI is InChI=1S/C36H53FN4O7/c1-4-36(2,3)13-18-45-19-20-46-21-22-47-23-24-48-32-12-10-28(25-30(32)37)31(26-33(42)43)41-17-16-40(35(41)44)15-6-8-29-11-9-27-7-5-14-38-34(27)39-29/h9-12,25,31H,4-8,13-24,26H2,1-3H3,(H,38,39)(H,42,43)/t31-/m1/s1. The van der Waals surface area contributed by atoms with Gasteiger partial charge in [-0.05, 0) is 66.8 Å². The number of fused-ring (bicyclic) bond motifs is 1. The van der Waals surface area contributed by atoms with Gasteiger partial charge >= 0.3 is 12.0 Å². The first kappa shape index (κ1) is 37.3. The van der Waals surface area contributed by atoms with Gasteiger partial charge in [0.25, 0.3) is 0 Å². The van der Waals surface area contributed by atoms with Crippen molar-refractivity contribution in [3.05, 3.63) is 53.0 Å². The summed E-state index contributed by atoms with van der Waals surface area (Å²) in [4.78, 5) is 33.1. The van der Waals surface area contributed by atoms with Crippen molar-refractivity contribution in [1.29, 1.82) is 0 Å². The number of urea groups is 1. The number of halogens is 1. The summed E-state index contributed by atoms with van der Waals surface area (Å²) < 4.78 is 37.3. The number of rotatable bonds is 22. The first-order valence-electron chi connectivity index (χ1n) is 17.3. The van der Waals surface area contributed by atoms with E-state index < -0.39 is 17.8 Å². The van der Waals surface area contributed by atoms with Crippen molar-refractivity contribution < 1.29 is 38.0 Å². The Morgan fingerprint density at radius 3 is 2.48 bits per heavy atom. The van der Waals surface area contributed by atoms with Crippen LogP contribution in [0.3, 0.4) is 0 Å². The smallest absolute Gasteiger partial charge is 0.320 e. The van der Waals surface area contributed by atoms with E-state index in [0.717, 1.165) is 63.2 Å². The van der Waals surface area contributed by atoms with Gasteiger partial charge in [-0.1, -0.05) is 39.3 Å². The van der Waals surface area contributed by atoms with Gasteiger partial charge in [-0.2, -0.15) is 0 Å². The fourth-order valence-corrected chi connectivity index (χ4v) is 5.75. The van der Waals surface area contributed by atoms with Crippen LogP contribution < -0.4 is 10.1 Å². The molecule has 3 heterocycles. The van der Waals surface area contributed by atoms with Gasteiger partial charge in [-0.15, -0.1) is 0 Å². The Balaban J connectivity index is 1.16. The molecule has 0 spiro atoms. The zero-order valence-corrected chi connectivity index (χ0v) is 28.8. The molecule has 2 aliphatic heterocycles. The van der Waals surface area contributed by atoms with Crippen LogP contribution in [0.5, 0.6) is 5.75 Å². The minimum Gasteiger partial charge on any atom is -0.488 e. The molecule has 0 unspecified atom stereocenters. The number of carbonyl (C=O) groups excluding carboxylic acids is 1. The van der Waals surface area contributed by atoms with Gasteiger partial charge in [0.15, 0.2) is 11.6 Å². The topological polar surface area (TPSA) is 123 Å². The van der Waals surface area contributed by atoms with Gasteiger partial charge in [0.2, 0.25) is 0 Å². The van der Waals surface area contributed by atoms with Crippen molar-refractivity contribution in [2.24, 2.45) is 5.41 Å². The number of carbonyl (C=O) groups is 2. The fraction of sp³-hybridized carbons (Fsp3) is 0.639. The summed E-state index contributed by atoms with van der Waals surface area (Å²) in [6.45, 7) is 11.9. The number of aryl methyl sites for hydroxylation is 2. The van der Waals surface area contributed by atoms with Gasteiger partial charge in [-0.3, -0.25) is 4.79 Å². The largest absolute Gasteiger partial charge is 0.488 e. The van der Waals surface area contributed by atoms with E-state index >= 15 is 4.39 Å². The Bertz CT molecular complexity index is 1330. The first-order chi connectivity index (χ1) is 23.2. The van der Waals surface area contributed by atoms with Crippen LogP contribution in [0, 0.1) is 11.2 Å². The van der Waals surface area contributed by atoms with Crippen molar-refractivity contribution in [2.75, 3.05) is 77.7 Å². The van der Waals surface area contributed by atoms with Gasteiger partial charge in [-0.25, -0.2) is 14.2 Å². The number of ether oxygens (including phenoxy) is 4. The predicted octanol–water partition coefficient (Wildman–Crippen LogP) is 5.72. The molecule has 0 saturated carbocycles. The maximum absolute atomic E-state index is 15.1. The number of hydrogen-bond acceptors (Lipinski definition) is 8. The molecule has 48 heavy (non-hydrogen) atoms. The molecule has 1 saturated heterocycles. The quantitative estimate of drug-likeness (QED) is 0.151. The minimum atomic E-state index is -1.07. The molecule has 266 valence electrons. The van der Waals surface area contributed by atoms with Gasteiger partial charge < -0.3 is 39.2 Å². The molecule has 12 heteroatoms. The number of aliphatic carboxylic acids is 1. The van der Waals surface area contributed by atoms with E-state index in [0.29, 0.717) is 57.0 Å². The molecule has 11 nitrogen and oxygen atoms in total. The van der Waals surface area contributed by atoms with Gasteiger partial charge in [0.05, 0.1) is 45.5 Å². The molecule has 0 radical (unpaired) electrons. The molecule has 0 aliphatic carbocycles. The van der Waals surface area contributed by atoms with Crippen molar-refractivity contribution in [3.8, 4) is 5.75 Å². The van der Waals surface area contributed by atoms with Crippen LogP contribution in [0.1, 0.15) is 75.7 Å². The van der Waals surface area contributed by atoms with Crippen molar-refractivity contribution in [2.45, 2.75) is 71.8 Å². The normalized spacial score (nSPS) is 15.4. The van der Waals surface area contributed by atoms with E-state index in [-0.39, 0.29) is 31.4 Å². The summed E-state index contributed by atoms with van der Waals surface area (Å²) in [5.41, 5.74) is 2.92. The number of pyridine rings is 1. The van der Waals surface area contributed by atoms with E-state index in [1.165, 1.54) is 22.6 Å². The highest BCUT2D eigenvalue weighted by atomic mass is 19.1. The molecule has 0 bridgehead atoms. The molecule has 1 aromatic heterocycles. The van der Waals surface area contributed by atoms with Crippen molar-refractivity contribution >= 4 is 17.8 Å². The number of carboxylic acid groups (broad SMARTS) is 1. The number of nitrogens with one attached hydrogen (secondary N) is 1. The second-order valence-corrected chi connectivity index (χ2v) is 13.2. The average Bonchev–Trinajstić information content (AvgIpc) is 3.43. The third-order valence-corrected chi connectivity index (χ3v) is 9.13. The third kappa shape index (κ3) is 11.6. The molecule has 4 rings (SSSR count). The lowest BCUT2D eigenvalue weighted by Gasteiger charge is -2.27. The highest BCUT2D eigenvalue weighted by Crippen LogP contribution is 2.31. The van der Waals surface area contributed by atoms with Crippen molar-refractivity contribution in [1.82, 2.24) is 14.8 Å². The zero-order chi connectivity index (χ0) is 34.4. The van der Waals surface area contributed by atoms with Gasteiger partial charge in [0, 0.05) is 38.5 Å². The van der Waals surface area contributed by atoms with Crippen LogP contribution in [0.2, 0.25) is 0 Å². The molecule has 2 aromatic rings. The summed E-state index contributed by atoms with van der Waals surface area (Å²) in [6, 6.07) is 7.49. The zero-order valence-electron chi connectivity index (χ0n) is 28.8. The number of amides is 2. The number of anilines is 1. The van der Waals surface area contributed by atoms with Crippen LogP contribution in [0.15, 0.2) is 30.3 Å². The van der Waals surface area contributed by atoms with Crippen LogP contribution in [0.25, 0.3) is 0 Å². The van der Waals surface area contributed by atoms with E-state index in [2.05, 4.69) is 32.2 Å². The molecule has 1 fully saturated rings. The maximum Gasteiger partial charge on any atom is 0.320 e. The number of benzene rings is 1. The lowest BCUT2D eigenvalue weighted by Crippen LogP contribution is -2.36. The maximum atomic E-state index is 15.1. The van der Waals surface area contributed by atoms with Crippen molar-refractivity contribution in [3.63, 3.8) is 0 Å². The second kappa shape index (κ2) is 18.9.